The van der Waals surface area contributed by atoms with E-state index in [2.05, 4.69) is 0 Å². The Labute approximate surface area is 188 Å². The molecule has 182 valence electrons. The molecule has 0 saturated carbocycles. The Morgan fingerprint density at radius 2 is 0.968 bits per heavy atom. The van der Waals surface area contributed by atoms with E-state index in [0.29, 0.717) is 38.5 Å². The summed E-state index contributed by atoms with van der Waals surface area (Å²) >= 11 is 0. The average molecular weight is 445 g/mol. The number of carbonyl (C=O) groups is 3. The van der Waals surface area contributed by atoms with E-state index in [9.17, 15) is 19.5 Å². The molecule has 0 aromatic heterocycles. The highest BCUT2D eigenvalue weighted by Gasteiger charge is 2.44. The Balaban J connectivity index is 5.45. The van der Waals surface area contributed by atoms with Crippen LogP contribution < -0.4 is 0 Å². The summed E-state index contributed by atoms with van der Waals surface area (Å²) in [6.07, 6.45) is 4.10. The van der Waals surface area contributed by atoms with Crippen LogP contribution in [0, 0.1) is 0 Å². The molecular weight excluding hydrogens is 400 g/mol. The van der Waals surface area contributed by atoms with Gasteiger partial charge >= 0.3 is 17.9 Å². The molecule has 0 aliphatic carbocycles. The van der Waals surface area contributed by atoms with Gasteiger partial charge in [-0.05, 0) is 38.5 Å². The first-order valence-corrected chi connectivity index (χ1v) is 12.0. The molecule has 0 aromatic rings. The quantitative estimate of drug-likeness (QED) is 0.252. The van der Waals surface area contributed by atoms with Gasteiger partial charge in [-0.1, -0.05) is 60.8 Å². The van der Waals surface area contributed by atoms with E-state index >= 15 is 0 Å². The summed E-state index contributed by atoms with van der Waals surface area (Å²) in [6.45, 7) is 11.6. The lowest BCUT2D eigenvalue weighted by Gasteiger charge is -2.28. The van der Waals surface area contributed by atoms with Crippen molar-refractivity contribution in [1.29, 1.82) is 0 Å². The first-order chi connectivity index (χ1) is 14.7. The average Bonchev–Trinajstić information content (AvgIpc) is 2.72. The van der Waals surface area contributed by atoms with Crippen LogP contribution in [-0.2, 0) is 28.6 Å². The fourth-order valence-corrected chi connectivity index (χ4v) is 3.41. The molecule has 0 aliphatic heterocycles. The molecule has 0 saturated heterocycles. The summed E-state index contributed by atoms with van der Waals surface area (Å²) in [7, 11) is 0. The molecule has 0 aliphatic rings. The van der Waals surface area contributed by atoms with Crippen LogP contribution >= 0.6 is 0 Å². The minimum Gasteiger partial charge on any atom is -0.462 e. The van der Waals surface area contributed by atoms with Crippen molar-refractivity contribution in [3.63, 3.8) is 0 Å². The van der Waals surface area contributed by atoms with Crippen molar-refractivity contribution in [2.45, 2.75) is 136 Å². The predicted octanol–water partition coefficient (Wildman–Crippen LogP) is 4.86. The third-order valence-corrected chi connectivity index (χ3v) is 5.32. The normalized spacial score (nSPS) is 16.0. The van der Waals surface area contributed by atoms with Crippen LogP contribution in [0.5, 0.6) is 0 Å². The maximum absolute atomic E-state index is 12.9. The topological polar surface area (TPSA) is 99.1 Å². The molecular formula is C24H44O7. The third kappa shape index (κ3) is 11.5. The summed E-state index contributed by atoms with van der Waals surface area (Å²) < 4.78 is 16.3. The maximum atomic E-state index is 12.9. The van der Waals surface area contributed by atoms with Crippen molar-refractivity contribution in [3.05, 3.63) is 0 Å². The summed E-state index contributed by atoms with van der Waals surface area (Å²) in [5, 5.41) is 11.1. The molecule has 0 fully saturated rings. The lowest BCUT2D eigenvalue weighted by Crippen LogP contribution is -2.46. The van der Waals surface area contributed by atoms with E-state index in [1.165, 1.54) is 0 Å². The van der Waals surface area contributed by atoms with Gasteiger partial charge in [-0.25, -0.2) is 4.79 Å². The van der Waals surface area contributed by atoms with Gasteiger partial charge in [0.05, 0.1) is 12.8 Å². The van der Waals surface area contributed by atoms with Crippen molar-refractivity contribution < 1.29 is 33.7 Å². The van der Waals surface area contributed by atoms with Crippen LogP contribution in [0.1, 0.15) is 112 Å². The second kappa shape index (κ2) is 16.1. The summed E-state index contributed by atoms with van der Waals surface area (Å²) in [4.78, 5) is 37.9. The number of esters is 3. The number of ether oxygens (including phenoxy) is 3. The van der Waals surface area contributed by atoms with E-state index in [1.807, 2.05) is 41.5 Å². The highest BCUT2D eigenvalue weighted by atomic mass is 16.6. The third-order valence-electron chi connectivity index (χ3n) is 5.32. The summed E-state index contributed by atoms with van der Waals surface area (Å²) in [6, 6.07) is 0. The molecule has 7 nitrogen and oxygen atoms in total. The Hall–Kier alpha value is -1.63. The van der Waals surface area contributed by atoms with Gasteiger partial charge in [0, 0.05) is 0 Å². The van der Waals surface area contributed by atoms with E-state index in [0.717, 1.165) is 19.3 Å². The maximum Gasteiger partial charge on any atom is 0.339 e. The molecule has 3 atom stereocenters. The van der Waals surface area contributed by atoms with Crippen LogP contribution in [-0.4, -0.2) is 46.9 Å². The first kappa shape index (κ1) is 29.4. The molecule has 0 radical (unpaired) electrons. The van der Waals surface area contributed by atoms with E-state index in [4.69, 9.17) is 14.2 Å². The van der Waals surface area contributed by atoms with Gasteiger partial charge in [0.15, 0.2) is 5.60 Å². The zero-order valence-electron chi connectivity index (χ0n) is 20.4. The highest BCUT2D eigenvalue weighted by molar-refractivity contribution is 5.90. The molecule has 0 rings (SSSR count). The minimum atomic E-state index is -2.32. The zero-order valence-corrected chi connectivity index (χ0v) is 20.4. The molecule has 1 N–H and O–H groups in total. The van der Waals surface area contributed by atoms with Gasteiger partial charge < -0.3 is 19.3 Å². The number of aliphatic hydroxyl groups is 1. The fraction of sp³-hybridized carbons (Fsp3) is 0.875. The Morgan fingerprint density at radius 1 is 0.645 bits per heavy atom. The number of hydrogen-bond donors (Lipinski definition) is 1. The minimum absolute atomic E-state index is 0.290. The van der Waals surface area contributed by atoms with Gasteiger partial charge in [0.25, 0.3) is 0 Å². The number of rotatable bonds is 17. The van der Waals surface area contributed by atoms with Crippen molar-refractivity contribution in [3.8, 4) is 0 Å². The molecule has 7 heteroatoms. The monoisotopic (exact) mass is 444 g/mol. The fourth-order valence-electron chi connectivity index (χ4n) is 3.41. The SMILES string of the molecule is CCCC(CC)OC(=O)CC(O)(CC(=O)OC(CC)CCC)C(=O)OC(CC)CCC. The van der Waals surface area contributed by atoms with Crippen LogP contribution in [0.2, 0.25) is 0 Å². The van der Waals surface area contributed by atoms with Crippen LogP contribution in [0.15, 0.2) is 0 Å². The zero-order chi connectivity index (χ0) is 23.9. The number of hydrogen-bond acceptors (Lipinski definition) is 7. The molecule has 0 heterocycles. The van der Waals surface area contributed by atoms with Crippen LogP contribution in [0.25, 0.3) is 0 Å². The van der Waals surface area contributed by atoms with Gasteiger partial charge in [-0.3, -0.25) is 9.59 Å². The largest absolute Gasteiger partial charge is 0.462 e. The molecule has 3 unspecified atom stereocenters. The summed E-state index contributed by atoms with van der Waals surface area (Å²) in [5.74, 6) is -2.43. The van der Waals surface area contributed by atoms with Crippen molar-refractivity contribution >= 4 is 17.9 Å². The predicted molar refractivity (Wildman–Crippen MR) is 119 cm³/mol. The van der Waals surface area contributed by atoms with Crippen molar-refractivity contribution in [2.24, 2.45) is 0 Å². The Kier molecular flexibility index (Phi) is 15.2. The van der Waals surface area contributed by atoms with Gasteiger partial charge in [0.2, 0.25) is 0 Å². The Bertz CT molecular complexity index is 502. The second-order valence-electron chi connectivity index (χ2n) is 8.23. The molecule has 0 spiro atoms. The van der Waals surface area contributed by atoms with E-state index in [-0.39, 0.29) is 18.3 Å². The molecule has 0 bridgehead atoms. The van der Waals surface area contributed by atoms with E-state index in [1.54, 1.807) is 0 Å². The smallest absolute Gasteiger partial charge is 0.339 e. The lowest BCUT2D eigenvalue weighted by molar-refractivity contribution is -0.184. The van der Waals surface area contributed by atoms with Gasteiger partial charge in [0.1, 0.15) is 18.3 Å². The highest BCUT2D eigenvalue weighted by Crippen LogP contribution is 2.24. The van der Waals surface area contributed by atoms with Crippen LogP contribution in [0.4, 0.5) is 0 Å². The van der Waals surface area contributed by atoms with Crippen LogP contribution in [0.3, 0.4) is 0 Å². The lowest BCUT2D eigenvalue weighted by atomic mass is 9.95. The molecule has 0 aromatic carbocycles. The first-order valence-electron chi connectivity index (χ1n) is 12.0. The number of carbonyl (C=O) groups excluding carboxylic acids is 3. The second-order valence-corrected chi connectivity index (χ2v) is 8.23. The van der Waals surface area contributed by atoms with E-state index < -0.39 is 36.4 Å². The van der Waals surface area contributed by atoms with Crippen molar-refractivity contribution in [1.82, 2.24) is 0 Å². The Morgan fingerprint density at radius 3 is 1.26 bits per heavy atom. The van der Waals surface area contributed by atoms with Gasteiger partial charge in [-0.15, -0.1) is 0 Å². The summed E-state index contributed by atoms with van der Waals surface area (Å²) in [5.41, 5.74) is -2.32. The molecule has 0 amide bonds. The molecule has 31 heavy (non-hydrogen) atoms. The van der Waals surface area contributed by atoms with Crippen molar-refractivity contribution in [2.75, 3.05) is 0 Å². The van der Waals surface area contributed by atoms with Gasteiger partial charge in [-0.2, -0.15) is 0 Å². The standard InChI is InChI=1S/C24H44O7/c1-7-13-18(10-4)29-21(25)16-24(28,23(27)31-20(12-6)15-9-3)17-22(26)30-19(11-5)14-8-2/h18-20,28H,7-17H2,1-6H3.